The minimum Gasteiger partial charge on any atom is -0.465 e. The van der Waals surface area contributed by atoms with E-state index in [1.807, 2.05) is 69.0 Å². The fraction of sp³-hybridized carbons (Fsp3) is 0.409. The van der Waals surface area contributed by atoms with Gasteiger partial charge in [-0.1, -0.05) is 0 Å². The van der Waals surface area contributed by atoms with Gasteiger partial charge in [-0.2, -0.15) is 0 Å². The third-order valence-corrected chi connectivity index (χ3v) is 5.69. The molecule has 3 heterocycles. The maximum atomic E-state index is 13.0. The van der Waals surface area contributed by atoms with E-state index in [9.17, 15) is 9.59 Å². The van der Waals surface area contributed by atoms with Gasteiger partial charge in [0.2, 0.25) is 5.95 Å². The molecule has 0 radical (unpaired) electrons. The predicted octanol–water partition coefficient (Wildman–Crippen LogP) is 2.94. The number of aromatic nitrogens is 2. The number of benzene rings is 1. The molecule has 0 aliphatic carbocycles. The van der Waals surface area contributed by atoms with Crippen molar-refractivity contribution in [3.05, 3.63) is 41.2 Å². The van der Waals surface area contributed by atoms with Gasteiger partial charge in [0.05, 0.1) is 25.3 Å². The summed E-state index contributed by atoms with van der Waals surface area (Å²) in [5.74, 6) is -0.648. The smallest absolute Gasteiger partial charge is 0.355 e. The topological polar surface area (TPSA) is 76.9 Å². The maximum absolute atomic E-state index is 13.0. The normalized spacial score (nSPS) is 18.0. The predicted molar refractivity (Wildman–Crippen MR) is 113 cm³/mol. The monoisotopic (exact) mass is 410 g/mol. The van der Waals surface area contributed by atoms with Crippen molar-refractivity contribution in [1.29, 1.82) is 0 Å². The molecular formula is C22H26N4O4. The van der Waals surface area contributed by atoms with E-state index in [2.05, 4.69) is 0 Å². The highest BCUT2D eigenvalue weighted by Gasteiger charge is 2.48. The van der Waals surface area contributed by atoms with Gasteiger partial charge >= 0.3 is 11.9 Å². The van der Waals surface area contributed by atoms with Crippen molar-refractivity contribution in [1.82, 2.24) is 14.5 Å². The molecule has 0 saturated heterocycles. The van der Waals surface area contributed by atoms with Crippen LogP contribution in [0.5, 0.6) is 0 Å². The Hall–Kier alpha value is -3.29. The third kappa shape index (κ3) is 2.70. The van der Waals surface area contributed by atoms with Crippen LogP contribution in [0.2, 0.25) is 0 Å². The number of esters is 2. The second kappa shape index (κ2) is 6.62. The zero-order valence-corrected chi connectivity index (χ0v) is 18.3. The van der Waals surface area contributed by atoms with E-state index in [4.69, 9.17) is 14.5 Å². The molecule has 1 aromatic heterocycles. The molecule has 1 aromatic carbocycles. The molecule has 4 rings (SSSR count). The van der Waals surface area contributed by atoms with Crippen LogP contribution in [-0.2, 0) is 19.1 Å². The zero-order valence-electron chi connectivity index (χ0n) is 18.3. The molecule has 158 valence electrons. The van der Waals surface area contributed by atoms with Gasteiger partial charge in [0, 0.05) is 17.9 Å². The van der Waals surface area contributed by atoms with Gasteiger partial charge < -0.3 is 14.4 Å². The van der Waals surface area contributed by atoms with Gasteiger partial charge in [0.1, 0.15) is 17.4 Å². The number of hydrogen-bond donors (Lipinski definition) is 0. The fourth-order valence-corrected chi connectivity index (χ4v) is 4.05. The number of carbonyl (C=O) groups excluding carboxylic acids is 2. The Bertz CT molecular complexity index is 1140. The number of imidazole rings is 1. The highest BCUT2D eigenvalue weighted by molar-refractivity contribution is 6.21. The molecule has 2 aromatic rings. The molecule has 2 aliphatic heterocycles. The van der Waals surface area contributed by atoms with Crippen molar-refractivity contribution < 1.29 is 19.1 Å². The lowest BCUT2D eigenvalue weighted by molar-refractivity contribution is -0.138. The van der Waals surface area contributed by atoms with Crippen molar-refractivity contribution in [2.75, 3.05) is 19.1 Å². The summed E-state index contributed by atoms with van der Waals surface area (Å²) in [6, 6.07) is 3.96. The van der Waals surface area contributed by atoms with Crippen LogP contribution in [0.1, 0.15) is 31.9 Å². The average Bonchev–Trinajstić information content (AvgIpc) is 3.28. The van der Waals surface area contributed by atoms with E-state index < -0.39 is 18.1 Å². The van der Waals surface area contributed by atoms with Crippen molar-refractivity contribution in [3.8, 4) is 0 Å². The number of methoxy groups -OCH3 is 2. The minimum atomic E-state index is -0.616. The summed E-state index contributed by atoms with van der Waals surface area (Å²) in [6.45, 7) is 10.1. The second-order valence-corrected chi connectivity index (χ2v) is 8.58. The summed E-state index contributed by atoms with van der Waals surface area (Å²) >= 11 is 0. The summed E-state index contributed by atoms with van der Waals surface area (Å²) in [5.41, 5.74) is 3.65. The maximum Gasteiger partial charge on any atom is 0.355 e. The van der Waals surface area contributed by atoms with Crippen molar-refractivity contribution >= 4 is 34.6 Å². The lowest BCUT2D eigenvalue weighted by Crippen LogP contribution is -2.53. The van der Waals surface area contributed by atoms with Crippen LogP contribution < -0.4 is 4.90 Å². The Morgan fingerprint density at radius 2 is 1.63 bits per heavy atom. The van der Waals surface area contributed by atoms with Crippen LogP contribution in [0.25, 0.3) is 16.7 Å². The molecular weight excluding hydrogens is 384 g/mol. The van der Waals surface area contributed by atoms with Crippen LogP contribution in [-0.4, -0.2) is 52.3 Å². The largest absolute Gasteiger partial charge is 0.465 e. The Morgan fingerprint density at radius 1 is 1.00 bits per heavy atom. The van der Waals surface area contributed by atoms with Gasteiger partial charge in [-0.15, -0.1) is 0 Å². The highest BCUT2D eigenvalue weighted by Crippen LogP contribution is 2.43. The fourth-order valence-electron chi connectivity index (χ4n) is 4.05. The van der Waals surface area contributed by atoms with Crippen LogP contribution >= 0.6 is 0 Å². The van der Waals surface area contributed by atoms with E-state index in [0.717, 1.165) is 22.2 Å². The molecule has 30 heavy (non-hydrogen) atoms. The third-order valence-electron chi connectivity index (χ3n) is 5.69. The van der Waals surface area contributed by atoms with Gasteiger partial charge in [-0.05, 0) is 57.9 Å². The number of rotatable bonds is 2. The Balaban J connectivity index is 2.12. The van der Waals surface area contributed by atoms with E-state index in [1.165, 1.54) is 14.2 Å². The first-order chi connectivity index (χ1) is 14.1. The zero-order chi connectivity index (χ0) is 22.0. The second-order valence-electron chi connectivity index (χ2n) is 8.58. The number of anilines is 1. The van der Waals surface area contributed by atoms with E-state index in [1.54, 1.807) is 4.57 Å². The van der Waals surface area contributed by atoms with Crippen LogP contribution in [0, 0.1) is 13.8 Å². The van der Waals surface area contributed by atoms with Crippen LogP contribution in [0.15, 0.2) is 30.1 Å². The summed E-state index contributed by atoms with van der Waals surface area (Å²) < 4.78 is 11.9. The first kappa shape index (κ1) is 20.0. The molecule has 0 amide bonds. The van der Waals surface area contributed by atoms with Gasteiger partial charge in [-0.3, -0.25) is 9.47 Å². The Labute approximate surface area is 175 Å². The molecule has 2 aliphatic rings. The quantitative estimate of drug-likeness (QED) is 0.705. The average molecular weight is 410 g/mol. The molecule has 0 bridgehead atoms. The van der Waals surface area contributed by atoms with Gasteiger partial charge in [0.25, 0.3) is 0 Å². The minimum absolute atomic E-state index is 0.129. The summed E-state index contributed by atoms with van der Waals surface area (Å²) in [7, 11) is 2.62. The molecule has 0 fully saturated rings. The molecule has 8 nitrogen and oxygen atoms in total. The van der Waals surface area contributed by atoms with Crippen LogP contribution in [0.4, 0.5) is 5.95 Å². The number of carbonyl (C=O) groups is 2. The first-order valence-electron chi connectivity index (χ1n) is 9.76. The Morgan fingerprint density at radius 3 is 2.23 bits per heavy atom. The number of ether oxygens (including phenoxy) is 2. The number of nitrogens with zero attached hydrogens (tertiary/aromatic N) is 4. The van der Waals surface area contributed by atoms with Crippen LogP contribution in [0.3, 0.4) is 0 Å². The SMILES string of the molecule is COC(=O)C1=C(C(=O)OC)n2c(nc3cc(C)c(C)cc32)N2C=CN(C(C)(C)C)C12. The van der Waals surface area contributed by atoms with E-state index >= 15 is 0 Å². The van der Waals surface area contributed by atoms with Crippen molar-refractivity contribution in [2.24, 2.45) is 0 Å². The number of fused-ring (bicyclic) bond motifs is 5. The number of hydrogen-bond acceptors (Lipinski definition) is 7. The molecule has 0 spiro atoms. The summed E-state index contributed by atoms with van der Waals surface area (Å²) in [6.07, 6.45) is 3.22. The lowest BCUT2D eigenvalue weighted by atomic mass is 10.0. The molecule has 1 unspecified atom stereocenters. The van der Waals surface area contributed by atoms with E-state index in [0.29, 0.717) is 5.95 Å². The lowest BCUT2D eigenvalue weighted by Gasteiger charge is -2.43. The highest BCUT2D eigenvalue weighted by atomic mass is 16.5. The molecule has 0 saturated carbocycles. The van der Waals surface area contributed by atoms with Gasteiger partial charge in [-0.25, -0.2) is 14.6 Å². The summed E-state index contributed by atoms with van der Waals surface area (Å²) in [4.78, 5) is 34.7. The first-order valence-corrected chi connectivity index (χ1v) is 9.76. The molecule has 0 N–H and O–H groups in total. The molecule has 1 atom stereocenters. The van der Waals surface area contributed by atoms with Crippen molar-refractivity contribution in [2.45, 2.75) is 46.3 Å². The van der Waals surface area contributed by atoms with Gasteiger partial charge in [0.15, 0.2) is 0 Å². The number of aryl methyl sites for hydroxylation is 2. The van der Waals surface area contributed by atoms with E-state index in [-0.39, 0.29) is 16.8 Å². The summed E-state index contributed by atoms with van der Waals surface area (Å²) in [5, 5.41) is 0. The van der Waals surface area contributed by atoms with Crippen molar-refractivity contribution in [3.63, 3.8) is 0 Å². The standard InChI is InChI=1S/C22H26N4O4/c1-12-10-14-15(11-13(12)2)26-17(20(28)30-7)16(19(27)29-6)18-24(21(26)23-14)8-9-25(18)22(3,4)5/h8-11,18H,1-7H3. The Kier molecular flexibility index (Phi) is 4.41. The molecule has 8 heteroatoms.